The molecule has 2 fully saturated rings. The van der Waals surface area contributed by atoms with Crippen molar-refractivity contribution in [3.8, 4) is 0 Å². The molecule has 6 nitrogen and oxygen atoms in total. The fraction of sp³-hybridized carbons (Fsp3) is 0.429. The number of hydrogen-bond donors (Lipinski definition) is 1. The quantitative estimate of drug-likeness (QED) is 0.859. The number of amides is 2. The Morgan fingerprint density at radius 2 is 2.07 bits per heavy atom. The van der Waals surface area contributed by atoms with Gasteiger partial charge in [-0.2, -0.15) is 0 Å². The molecule has 1 saturated carbocycles. The molecule has 2 unspecified atom stereocenters. The number of halogens is 2. The summed E-state index contributed by atoms with van der Waals surface area (Å²) in [6.45, 7) is 2.36. The van der Waals surface area contributed by atoms with Gasteiger partial charge in [0, 0.05) is 24.3 Å². The summed E-state index contributed by atoms with van der Waals surface area (Å²) in [5.74, 6) is -1.26. The van der Waals surface area contributed by atoms with E-state index in [0.29, 0.717) is 31.0 Å². The fourth-order valence-corrected chi connectivity index (χ4v) is 4.45. The minimum atomic E-state index is -1.06. The average Bonchev–Trinajstić information content (AvgIpc) is 3.00. The Kier molecular flexibility index (Phi) is 5.02. The van der Waals surface area contributed by atoms with Crippen LogP contribution in [0.25, 0.3) is 0 Å². The molecule has 1 spiro atoms. The van der Waals surface area contributed by atoms with Gasteiger partial charge in [0.2, 0.25) is 5.91 Å². The van der Waals surface area contributed by atoms with Crippen LogP contribution in [0.5, 0.6) is 0 Å². The highest BCUT2D eigenvalue weighted by Crippen LogP contribution is 2.45. The Labute approximate surface area is 167 Å². The van der Waals surface area contributed by atoms with Crippen LogP contribution in [0, 0.1) is 24.0 Å². The predicted molar refractivity (Wildman–Crippen MR) is 102 cm³/mol. The van der Waals surface area contributed by atoms with Crippen LogP contribution in [0.15, 0.2) is 30.5 Å². The molecule has 29 heavy (non-hydrogen) atoms. The Balaban J connectivity index is 1.47. The van der Waals surface area contributed by atoms with Gasteiger partial charge in [-0.25, -0.2) is 18.7 Å². The van der Waals surface area contributed by atoms with Crippen molar-refractivity contribution in [3.63, 3.8) is 0 Å². The van der Waals surface area contributed by atoms with E-state index in [-0.39, 0.29) is 17.5 Å². The lowest BCUT2D eigenvalue weighted by Crippen LogP contribution is -2.46. The number of aryl methyl sites for hydroxylation is 1. The fourth-order valence-electron chi connectivity index (χ4n) is 4.45. The first kappa shape index (κ1) is 19.4. The molecule has 2 aromatic rings. The molecule has 2 heterocycles. The number of carbonyl (C=O) groups is 2. The second-order valence-corrected chi connectivity index (χ2v) is 7.84. The first-order chi connectivity index (χ1) is 13.9. The van der Waals surface area contributed by atoms with Crippen molar-refractivity contribution in [3.05, 3.63) is 53.5 Å². The molecule has 2 atom stereocenters. The highest BCUT2D eigenvalue weighted by atomic mass is 19.2. The van der Waals surface area contributed by atoms with Crippen molar-refractivity contribution in [2.24, 2.45) is 5.41 Å². The van der Waals surface area contributed by atoms with Crippen molar-refractivity contribution >= 4 is 17.6 Å². The molecule has 152 valence electrons. The van der Waals surface area contributed by atoms with Gasteiger partial charge in [0.05, 0.1) is 5.41 Å². The second kappa shape index (κ2) is 7.50. The van der Waals surface area contributed by atoms with E-state index in [1.54, 1.807) is 24.1 Å². The van der Waals surface area contributed by atoms with Crippen LogP contribution in [0.2, 0.25) is 0 Å². The van der Waals surface area contributed by atoms with E-state index in [0.717, 1.165) is 31.4 Å². The van der Waals surface area contributed by atoms with E-state index >= 15 is 0 Å². The molecule has 2 aliphatic rings. The molecule has 1 N–H and O–H groups in total. The van der Waals surface area contributed by atoms with Gasteiger partial charge in [0.25, 0.3) is 5.91 Å². The molecule has 1 aliphatic carbocycles. The second-order valence-electron chi connectivity index (χ2n) is 7.84. The van der Waals surface area contributed by atoms with Crippen LogP contribution in [0.4, 0.5) is 14.6 Å². The number of benzene rings is 1. The maximum absolute atomic E-state index is 13.4. The van der Waals surface area contributed by atoms with Gasteiger partial charge < -0.3 is 5.32 Å². The van der Waals surface area contributed by atoms with Crippen LogP contribution in [0.1, 0.15) is 48.3 Å². The van der Waals surface area contributed by atoms with Crippen molar-refractivity contribution in [2.45, 2.75) is 45.1 Å². The SMILES string of the molecule is Cc1nccc(N2CCC3(CCCC(NC(=O)c4ccc(F)c(F)c4)C3)C2=O)n1. The highest BCUT2D eigenvalue weighted by molar-refractivity contribution is 5.99. The standard InChI is InChI=1S/C21H22F2N4O2/c1-13-24-9-6-18(25-13)27-10-8-21(20(27)29)7-2-3-15(12-21)26-19(28)14-4-5-16(22)17(23)11-14/h4-6,9,11,15H,2-3,7-8,10,12H2,1H3,(H,26,28). The van der Waals surface area contributed by atoms with E-state index in [9.17, 15) is 18.4 Å². The van der Waals surface area contributed by atoms with Crippen molar-refractivity contribution < 1.29 is 18.4 Å². The summed E-state index contributed by atoms with van der Waals surface area (Å²) in [7, 11) is 0. The lowest BCUT2D eigenvalue weighted by molar-refractivity contribution is -0.127. The van der Waals surface area contributed by atoms with Crippen molar-refractivity contribution in [1.29, 1.82) is 0 Å². The molecular weight excluding hydrogens is 378 g/mol. The summed E-state index contributed by atoms with van der Waals surface area (Å²) >= 11 is 0. The summed E-state index contributed by atoms with van der Waals surface area (Å²) in [4.78, 5) is 35.9. The largest absolute Gasteiger partial charge is 0.349 e. The number of nitrogens with one attached hydrogen (secondary N) is 1. The monoisotopic (exact) mass is 400 g/mol. The Morgan fingerprint density at radius 1 is 1.24 bits per heavy atom. The minimum Gasteiger partial charge on any atom is -0.349 e. The van der Waals surface area contributed by atoms with Crippen LogP contribution < -0.4 is 10.2 Å². The molecular formula is C21H22F2N4O2. The third-order valence-electron chi connectivity index (χ3n) is 5.91. The maximum Gasteiger partial charge on any atom is 0.251 e. The zero-order chi connectivity index (χ0) is 20.6. The summed E-state index contributed by atoms with van der Waals surface area (Å²) in [5.41, 5.74) is -0.456. The number of anilines is 1. The molecule has 1 aliphatic heterocycles. The zero-order valence-corrected chi connectivity index (χ0v) is 16.1. The minimum absolute atomic E-state index is 0.0300. The van der Waals surface area contributed by atoms with E-state index in [1.807, 2.05) is 0 Å². The van der Waals surface area contributed by atoms with Gasteiger partial charge in [-0.05, 0) is 56.9 Å². The number of aromatic nitrogens is 2. The number of hydrogen-bond acceptors (Lipinski definition) is 4. The summed E-state index contributed by atoms with van der Waals surface area (Å²) in [6.07, 6.45) is 5.20. The van der Waals surface area contributed by atoms with E-state index in [4.69, 9.17) is 0 Å². The Bertz CT molecular complexity index is 967. The molecule has 0 radical (unpaired) electrons. The van der Waals surface area contributed by atoms with Gasteiger partial charge in [-0.1, -0.05) is 6.42 Å². The van der Waals surface area contributed by atoms with E-state index in [1.165, 1.54) is 6.07 Å². The van der Waals surface area contributed by atoms with E-state index in [2.05, 4.69) is 15.3 Å². The summed E-state index contributed by atoms with van der Waals surface area (Å²) < 4.78 is 26.5. The molecule has 8 heteroatoms. The van der Waals surface area contributed by atoms with Crippen LogP contribution >= 0.6 is 0 Å². The number of nitrogens with zero attached hydrogens (tertiary/aromatic N) is 3. The molecule has 1 aromatic carbocycles. The Morgan fingerprint density at radius 3 is 2.83 bits per heavy atom. The highest BCUT2D eigenvalue weighted by Gasteiger charge is 2.50. The third kappa shape index (κ3) is 3.71. The molecule has 1 aromatic heterocycles. The zero-order valence-electron chi connectivity index (χ0n) is 16.1. The molecule has 1 saturated heterocycles. The smallest absolute Gasteiger partial charge is 0.251 e. The topological polar surface area (TPSA) is 75.2 Å². The average molecular weight is 400 g/mol. The summed E-state index contributed by atoms with van der Waals surface area (Å²) in [6, 6.07) is 4.62. The number of carbonyl (C=O) groups excluding carboxylic acids is 2. The lowest BCUT2D eigenvalue weighted by Gasteiger charge is -2.36. The maximum atomic E-state index is 13.4. The van der Waals surface area contributed by atoms with Gasteiger partial charge in [-0.3, -0.25) is 14.5 Å². The van der Waals surface area contributed by atoms with Gasteiger partial charge in [0.15, 0.2) is 11.6 Å². The normalized spacial score (nSPS) is 24.2. The van der Waals surface area contributed by atoms with Crippen LogP contribution in [-0.2, 0) is 4.79 Å². The number of rotatable bonds is 3. The summed E-state index contributed by atoms with van der Waals surface area (Å²) in [5, 5.41) is 2.89. The van der Waals surface area contributed by atoms with Crippen molar-refractivity contribution in [1.82, 2.24) is 15.3 Å². The van der Waals surface area contributed by atoms with Crippen LogP contribution in [-0.4, -0.2) is 34.4 Å². The predicted octanol–water partition coefficient (Wildman–Crippen LogP) is 3.16. The lowest BCUT2D eigenvalue weighted by atomic mass is 9.71. The van der Waals surface area contributed by atoms with E-state index < -0.39 is 23.0 Å². The third-order valence-corrected chi connectivity index (χ3v) is 5.91. The molecule has 2 amide bonds. The van der Waals surface area contributed by atoms with Gasteiger partial charge in [-0.15, -0.1) is 0 Å². The van der Waals surface area contributed by atoms with Crippen molar-refractivity contribution in [2.75, 3.05) is 11.4 Å². The first-order valence-electron chi connectivity index (χ1n) is 9.75. The van der Waals surface area contributed by atoms with Gasteiger partial charge in [0.1, 0.15) is 11.6 Å². The Hall–Kier alpha value is -2.90. The van der Waals surface area contributed by atoms with Crippen LogP contribution in [0.3, 0.4) is 0 Å². The molecule has 4 rings (SSSR count). The first-order valence-corrected chi connectivity index (χ1v) is 9.75. The molecule has 0 bridgehead atoms. The van der Waals surface area contributed by atoms with Gasteiger partial charge >= 0.3 is 0 Å².